The van der Waals surface area contributed by atoms with E-state index in [1.165, 1.54) is 0 Å². The monoisotopic (exact) mass is 176 g/mol. The van der Waals surface area contributed by atoms with Crippen molar-refractivity contribution in [2.45, 2.75) is 31.8 Å². The fourth-order valence-corrected chi connectivity index (χ4v) is 1.80. The molecule has 0 saturated heterocycles. The van der Waals surface area contributed by atoms with Crippen molar-refractivity contribution in [1.29, 1.82) is 0 Å². The van der Waals surface area contributed by atoms with Crippen LogP contribution in [0.4, 0.5) is 0 Å². The van der Waals surface area contributed by atoms with Crippen LogP contribution in [0.3, 0.4) is 0 Å². The number of hydrogen-bond donors (Lipinski definition) is 2. The normalized spacial score (nSPS) is 32.2. The van der Waals surface area contributed by atoms with E-state index in [1.54, 1.807) is 0 Å². The summed E-state index contributed by atoms with van der Waals surface area (Å²) in [6.45, 7) is 0.341. The van der Waals surface area contributed by atoms with Gasteiger partial charge in [0.15, 0.2) is 0 Å². The van der Waals surface area contributed by atoms with Crippen LogP contribution in [0.25, 0.3) is 0 Å². The van der Waals surface area contributed by atoms with E-state index >= 15 is 0 Å². The second-order valence-corrected chi connectivity index (χ2v) is 3.38. The van der Waals surface area contributed by atoms with E-state index in [4.69, 9.17) is 9.84 Å². The van der Waals surface area contributed by atoms with Crippen LogP contribution in [0.1, 0.15) is 25.7 Å². The summed E-state index contributed by atoms with van der Waals surface area (Å²) in [6.07, 6.45) is 4.79. The Bertz CT molecular complexity index is 100. The SMILES string of the molecule is OCC1CCC(OCS)CC1. The van der Waals surface area contributed by atoms with Crippen molar-refractivity contribution in [3.63, 3.8) is 0 Å². The van der Waals surface area contributed by atoms with Gasteiger partial charge in [-0.2, -0.15) is 12.6 Å². The average molecular weight is 176 g/mol. The summed E-state index contributed by atoms with van der Waals surface area (Å²) in [7, 11) is 0. The van der Waals surface area contributed by atoms with Gasteiger partial charge in [-0.05, 0) is 31.6 Å². The lowest BCUT2D eigenvalue weighted by Crippen LogP contribution is -2.22. The number of thiol groups is 1. The highest BCUT2D eigenvalue weighted by Crippen LogP contribution is 2.25. The van der Waals surface area contributed by atoms with Crippen molar-refractivity contribution in [2.75, 3.05) is 12.5 Å². The first-order valence-corrected chi connectivity index (χ1v) is 4.83. The molecule has 1 fully saturated rings. The van der Waals surface area contributed by atoms with E-state index in [1.807, 2.05) is 0 Å². The maximum Gasteiger partial charge on any atom is 0.0896 e. The Balaban J connectivity index is 2.14. The van der Waals surface area contributed by atoms with Crippen molar-refractivity contribution in [3.8, 4) is 0 Å². The minimum Gasteiger partial charge on any atom is -0.396 e. The van der Waals surface area contributed by atoms with Crippen LogP contribution in [-0.4, -0.2) is 23.8 Å². The molecule has 0 aliphatic heterocycles. The van der Waals surface area contributed by atoms with Gasteiger partial charge in [0.05, 0.1) is 12.0 Å². The summed E-state index contributed by atoms with van der Waals surface area (Å²) < 4.78 is 5.36. The van der Waals surface area contributed by atoms with Gasteiger partial charge in [-0.25, -0.2) is 0 Å². The molecule has 3 heteroatoms. The molecule has 66 valence electrons. The predicted molar refractivity (Wildman–Crippen MR) is 47.8 cm³/mol. The van der Waals surface area contributed by atoms with Crippen LogP contribution in [0.2, 0.25) is 0 Å². The Morgan fingerprint density at radius 2 is 1.91 bits per heavy atom. The van der Waals surface area contributed by atoms with Crippen LogP contribution in [0.15, 0.2) is 0 Å². The molecule has 0 aromatic carbocycles. The second kappa shape index (κ2) is 5.01. The topological polar surface area (TPSA) is 29.5 Å². The van der Waals surface area contributed by atoms with Crippen molar-refractivity contribution < 1.29 is 9.84 Å². The van der Waals surface area contributed by atoms with Gasteiger partial charge < -0.3 is 9.84 Å². The molecule has 0 spiro atoms. The Kier molecular flexibility index (Phi) is 4.26. The summed E-state index contributed by atoms with van der Waals surface area (Å²) in [4.78, 5) is 0. The van der Waals surface area contributed by atoms with Crippen molar-refractivity contribution in [2.24, 2.45) is 5.92 Å². The van der Waals surface area contributed by atoms with E-state index in [0.717, 1.165) is 25.7 Å². The van der Waals surface area contributed by atoms with Crippen LogP contribution < -0.4 is 0 Å². The molecule has 1 aliphatic rings. The number of aliphatic hydroxyl groups is 1. The summed E-state index contributed by atoms with van der Waals surface area (Å²) in [5.74, 6) is 1.05. The largest absolute Gasteiger partial charge is 0.396 e. The Labute approximate surface area is 73.4 Å². The molecule has 1 aliphatic carbocycles. The van der Waals surface area contributed by atoms with Gasteiger partial charge in [-0.1, -0.05) is 0 Å². The molecule has 0 bridgehead atoms. The number of aliphatic hydroxyl groups excluding tert-OH is 1. The van der Waals surface area contributed by atoms with Crippen LogP contribution in [0, 0.1) is 5.92 Å². The molecular weight excluding hydrogens is 160 g/mol. The summed E-state index contributed by atoms with van der Waals surface area (Å²) in [5, 5.41) is 8.85. The molecule has 0 radical (unpaired) electrons. The lowest BCUT2D eigenvalue weighted by molar-refractivity contribution is 0.0378. The average Bonchev–Trinajstić information content (AvgIpc) is 2.07. The molecule has 1 saturated carbocycles. The highest BCUT2D eigenvalue weighted by atomic mass is 32.1. The maximum atomic E-state index is 8.85. The van der Waals surface area contributed by atoms with Crippen molar-refractivity contribution in [1.82, 2.24) is 0 Å². The Hall–Kier alpha value is 0.270. The molecule has 0 unspecified atom stereocenters. The highest BCUT2D eigenvalue weighted by molar-refractivity contribution is 7.80. The Morgan fingerprint density at radius 1 is 1.27 bits per heavy atom. The third-order valence-electron chi connectivity index (χ3n) is 2.36. The molecule has 0 aromatic rings. The lowest BCUT2D eigenvalue weighted by Gasteiger charge is -2.26. The van der Waals surface area contributed by atoms with Gasteiger partial charge >= 0.3 is 0 Å². The number of hydrogen-bond acceptors (Lipinski definition) is 3. The Morgan fingerprint density at radius 3 is 2.36 bits per heavy atom. The van der Waals surface area contributed by atoms with Gasteiger partial charge in [0, 0.05) is 6.61 Å². The van der Waals surface area contributed by atoms with Crippen molar-refractivity contribution in [3.05, 3.63) is 0 Å². The van der Waals surface area contributed by atoms with Crippen LogP contribution in [-0.2, 0) is 4.74 Å². The van der Waals surface area contributed by atoms with Gasteiger partial charge in [-0.15, -0.1) is 0 Å². The van der Waals surface area contributed by atoms with E-state index < -0.39 is 0 Å². The summed E-state index contributed by atoms with van der Waals surface area (Å²) in [6, 6.07) is 0. The predicted octanol–water partition coefficient (Wildman–Crippen LogP) is 1.44. The first kappa shape index (κ1) is 9.36. The van der Waals surface area contributed by atoms with Crippen LogP contribution >= 0.6 is 12.6 Å². The zero-order valence-corrected chi connectivity index (χ0v) is 7.59. The standard InChI is InChI=1S/C8H16O2S/c9-5-7-1-3-8(4-2-7)10-6-11/h7-9,11H,1-6H2. The lowest BCUT2D eigenvalue weighted by atomic mass is 9.88. The molecule has 2 nitrogen and oxygen atoms in total. The second-order valence-electron chi connectivity index (χ2n) is 3.12. The number of ether oxygens (including phenoxy) is 1. The zero-order chi connectivity index (χ0) is 8.10. The highest BCUT2D eigenvalue weighted by Gasteiger charge is 2.20. The molecule has 0 heterocycles. The first-order chi connectivity index (χ1) is 5.36. The van der Waals surface area contributed by atoms with Gasteiger partial charge in [0.25, 0.3) is 0 Å². The third-order valence-corrected chi connectivity index (χ3v) is 2.51. The van der Waals surface area contributed by atoms with Gasteiger partial charge in [0.1, 0.15) is 0 Å². The molecule has 1 rings (SSSR count). The smallest absolute Gasteiger partial charge is 0.0896 e. The number of rotatable bonds is 3. The third kappa shape index (κ3) is 3.01. The molecule has 0 atom stereocenters. The van der Waals surface area contributed by atoms with E-state index in [0.29, 0.717) is 24.6 Å². The minimum absolute atomic E-state index is 0.341. The zero-order valence-electron chi connectivity index (χ0n) is 6.70. The molecule has 1 N–H and O–H groups in total. The van der Waals surface area contributed by atoms with Gasteiger partial charge in [-0.3, -0.25) is 0 Å². The van der Waals surface area contributed by atoms with Gasteiger partial charge in [0.2, 0.25) is 0 Å². The fraction of sp³-hybridized carbons (Fsp3) is 1.00. The van der Waals surface area contributed by atoms with E-state index in [2.05, 4.69) is 12.6 Å². The van der Waals surface area contributed by atoms with E-state index in [-0.39, 0.29) is 0 Å². The molecule has 0 amide bonds. The maximum absolute atomic E-state index is 8.85. The molecular formula is C8H16O2S. The molecule has 11 heavy (non-hydrogen) atoms. The first-order valence-electron chi connectivity index (χ1n) is 4.20. The van der Waals surface area contributed by atoms with Crippen LogP contribution in [0.5, 0.6) is 0 Å². The summed E-state index contributed by atoms with van der Waals surface area (Å²) in [5.41, 5.74) is 0. The quantitative estimate of drug-likeness (QED) is 0.503. The molecule has 0 aromatic heterocycles. The van der Waals surface area contributed by atoms with E-state index in [9.17, 15) is 0 Å². The minimum atomic E-state index is 0.341. The fourth-order valence-electron chi connectivity index (χ4n) is 1.59. The summed E-state index contributed by atoms with van der Waals surface area (Å²) >= 11 is 4.00. The van der Waals surface area contributed by atoms with Crippen molar-refractivity contribution >= 4 is 12.6 Å².